The number of aromatic nitrogens is 2. The summed E-state index contributed by atoms with van der Waals surface area (Å²) in [4.78, 5) is 37.6. The van der Waals surface area contributed by atoms with Gasteiger partial charge in [-0.25, -0.2) is 22.5 Å². The van der Waals surface area contributed by atoms with Gasteiger partial charge in [0.05, 0.1) is 22.6 Å². The van der Waals surface area contributed by atoms with Gasteiger partial charge in [0.25, 0.3) is 0 Å². The Hall–Kier alpha value is -4.85. The van der Waals surface area contributed by atoms with E-state index in [0.717, 1.165) is 117 Å². The minimum absolute atomic E-state index is 0.0546. The summed E-state index contributed by atoms with van der Waals surface area (Å²) >= 11 is 1.04. The molecule has 0 radical (unpaired) electrons. The second kappa shape index (κ2) is 16.9. The smallest absolute Gasteiger partial charge is 0.201 e. The van der Waals surface area contributed by atoms with E-state index in [1.165, 1.54) is 17.8 Å². The SMILES string of the molecule is CNc1cc(-c2cnc3[nH]cc(C(=O)c4c(F)ccc(NSN5CCC(F)C5)c4F)c3c2)ccc1N1CCC(CN2CCC(c3ccc(C=O)c(C)c3)CC2)CC1. The third kappa shape index (κ3) is 8.28. The first-order valence-electron chi connectivity index (χ1n) is 19.9. The first-order valence-corrected chi connectivity index (χ1v) is 20.6. The van der Waals surface area contributed by atoms with E-state index < -0.39 is 29.2 Å². The lowest BCUT2D eigenvalue weighted by molar-refractivity contribution is 0.103. The zero-order valence-corrected chi connectivity index (χ0v) is 33.1. The molecule has 2 aromatic heterocycles. The molecule has 3 aromatic carbocycles. The number of benzene rings is 3. The molecular formula is C44H48F3N7O2S. The number of hydrogen-bond acceptors (Lipinski definition) is 9. The van der Waals surface area contributed by atoms with E-state index in [-0.39, 0.29) is 17.8 Å². The van der Waals surface area contributed by atoms with Crippen LogP contribution in [0.5, 0.6) is 0 Å². The van der Waals surface area contributed by atoms with Gasteiger partial charge >= 0.3 is 0 Å². The molecule has 0 amide bonds. The van der Waals surface area contributed by atoms with Gasteiger partial charge in [0, 0.05) is 86.4 Å². The van der Waals surface area contributed by atoms with E-state index in [1.807, 2.05) is 26.1 Å². The predicted molar refractivity (Wildman–Crippen MR) is 223 cm³/mol. The molecule has 3 fully saturated rings. The second-order valence-electron chi connectivity index (χ2n) is 15.6. The number of fused-ring (bicyclic) bond motifs is 1. The van der Waals surface area contributed by atoms with Crippen LogP contribution in [0.15, 0.2) is 67.0 Å². The largest absolute Gasteiger partial charge is 0.386 e. The molecule has 9 nitrogen and oxygen atoms in total. The standard InChI is InChI=1S/C44H48F3N7O2S/c1-27-19-30(3-4-32(27)26-55)29-11-14-52(15-12-29)24-28-9-16-53(17-10-28)40-8-5-31(21-39(40)48-2)33-20-35-36(23-50-44(35)49-22-33)43(56)41-37(46)6-7-38(42(41)47)51-57-54-18-13-34(45)25-54/h3-8,19-23,26,28-29,34,48,51H,9-18,24-25H2,1-2H3,(H,49,50). The number of aryl methyl sites for hydroxylation is 1. The number of rotatable bonds is 12. The minimum Gasteiger partial charge on any atom is -0.386 e. The lowest BCUT2D eigenvalue weighted by atomic mass is 9.87. The molecule has 3 N–H and O–H groups in total. The van der Waals surface area contributed by atoms with Crippen molar-refractivity contribution >= 4 is 52.3 Å². The van der Waals surface area contributed by atoms with Crippen molar-refractivity contribution in [2.24, 2.45) is 5.92 Å². The van der Waals surface area contributed by atoms with E-state index in [0.29, 0.717) is 35.8 Å². The van der Waals surface area contributed by atoms with Crippen LogP contribution < -0.4 is 14.9 Å². The molecule has 3 aliphatic rings. The highest BCUT2D eigenvalue weighted by atomic mass is 32.2. The van der Waals surface area contributed by atoms with Gasteiger partial charge in [-0.05, 0) is 111 Å². The molecule has 5 heterocycles. The Morgan fingerprint density at radius 1 is 0.947 bits per heavy atom. The summed E-state index contributed by atoms with van der Waals surface area (Å²) in [5, 5.41) is 3.84. The molecule has 13 heteroatoms. The number of carbonyl (C=O) groups is 2. The summed E-state index contributed by atoms with van der Waals surface area (Å²) in [6.07, 6.45) is 8.09. The maximum Gasteiger partial charge on any atom is 0.201 e. The molecule has 0 aliphatic carbocycles. The van der Waals surface area contributed by atoms with Crippen LogP contribution in [-0.4, -0.2) is 90.3 Å². The van der Waals surface area contributed by atoms with Crippen molar-refractivity contribution in [2.75, 3.05) is 67.8 Å². The third-order valence-corrected chi connectivity index (χ3v) is 12.9. The number of nitrogens with one attached hydrogen (secondary N) is 3. The number of alkyl halides is 1. The van der Waals surface area contributed by atoms with Crippen molar-refractivity contribution in [3.8, 4) is 11.1 Å². The van der Waals surface area contributed by atoms with E-state index in [1.54, 1.807) is 10.5 Å². The van der Waals surface area contributed by atoms with E-state index in [9.17, 15) is 14.0 Å². The maximum atomic E-state index is 15.7. The summed E-state index contributed by atoms with van der Waals surface area (Å²) < 4.78 is 49.0. The molecule has 0 spiro atoms. The highest BCUT2D eigenvalue weighted by molar-refractivity contribution is 7.98. The molecule has 8 rings (SSSR count). The Morgan fingerprint density at radius 2 is 1.75 bits per heavy atom. The number of likely N-dealkylation sites (tertiary alicyclic amines) is 1. The van der Waals surface area contributed by atoms with E-state index in [2.05, 4.69) is 60.1 Å². The van der Waals surface area contributed by atoms with Gasteiger partial charge in [0.15, 0.2) is 5.82 Å². The number of halogens is 3. The molecule has 5 aromatic rings. The molecule has 3 saturated heterocycles. The highest BCUT2D eigenvalue weighted by Gasteiger charge is 2.29. The van der Waals surface area contributed by atoms with Crippen molar-refractivity contribution in [2.45, 2.75) is 51.1 Å². The Kier molecular flexibility index (Phi) is 11.6. The molecule has 3 aliphatic heterocycles. The number of ketones is 1. The Morgan fingerprint density at radius 3 is 2.47 bits per heavy atom. The molecular weight excluding hydrogens is 748 g/mol. The predicted octanol–water partition coefficient (Wildman–Crippen LogP) is 9.02. The quantitative estimate of drug-likeness (QED) is 0.0650. The van der Waals surface area contributed by atoms with Gasteiger partial charge in [-0.2, -0.15) is 0 Å². The molecule has 57 heavy (non-hydrogen) atoms. The van der Waals surface area contributed by atoms with Gasteiger partial charge in [-0.1, -0.05) is 24.3 Å². The van der Waals surface area contributed by atoms with Crippen LogP contribution in [0.1, 0.15) is 75.4 Å². The van der Waals surface area contributed by atoms with Crippen molar-refractivity contribution < 1.29 is 22.8 Å². The first-order chi connectivity index (χ1) is 27.7. The lowest BCUT2D eigenvalue weighted by Gasteiger charge is -2.39. The zero-order chi connectivity index (χ0) is 39.6. The average molecular weight is 796 g/mol. The van der Waals surface area contributed by atoms with Crippen LogP contribution in [0.3, 0.4) is 0 Å². The normalized spacial score (nSPS) is 18.7. The Bertz CT molecular complexity index is 2270. The summed E-state index contributed by atoms with van der Waals surface area (Å²) in [6, 6.07) is 16.7. The molecule has 1 unspecified atom stereocenters. The van der Waals surface area contributed by atoms with Crippen LogP contribution in [0, 0.1) is 24.5 Å². The van der Waals surface area contributed by atoms with Gasteiger partial charge < -0.3 is 24.8 Å². The summed E-state index contributed by atoms with van der Waals surface area (Å²) in [5.41, 5.74) is 6.78. The Labute approximate surface area is 335 Å². The molecule has 0 bridgehead atoms. The number of pyridine rings is 1. The second-order valence-corrected chi connectivity index (χ2v) is 16.5. The van der Waals surface area contributed by atoms with Crippen molar-refractivity contribution in [3.63, 3.8) is 0 Å². The van der Waals surface area contributed by atoms with Gasteiger partial charge in [0.1, 0.15) is 23.9 Å². The number of aromatic amines is 1. The molecule has 1 atom stereocenters. The monoisotopic (exact) mass is 795 g/mol. The number of aldehydes is 1. The van der Waals surface area contributed by atoms with Crippen molar-refractivity contribution in [1.82, 2.24) is 19.2 Å². The van der Waals surface area contributed by atoms with Crippen LogP contribution in [-0.2, 0) is 0 Å². The number of piperidine rings is 2. The fourth-order valence-corrected chi connectivity index (χ4v) is 9.47. The van der Waals surface area contributed by atoms with Crippen LogP contribution >= 0.6 is 12.1 Å². The summed E-state index contributed by atoms with van der Waals surface area (Å²) in [7, 11) is 1.91. The van der Waals surface area contributed by atoms with E-state index in [4.69, 9.17) is 0 Å². The van der Waals surface area contributed by atoms with Crippen molar-refractivity contribution in [1.29, 1.82) is 0 Å². The minimum atomic E-state index is -1.00. The van der Waals surface area contributed by atoms with Crippen LogP contribution in [0.4, 0.5) is 30.2 Å². The van der Waals surface area contributed by atoms with Gasteiger partial charge in [-0.15, -0.1) is 0 Å². The third-order valence-electron chi connectivity index (χ3n) is 12.0. The maximum absolute atomic E-state index is 15.7. The van der Waals surface area contributed by atoms with Crippen LogP contribution in [0.25, 0.3) is 22.2 Å². The van der Waals surface area contributed by atoms with Gasteiger partial charge in [-0.3, -0.25) is 9.59 Å². The average Bonchev–Trinajstić information content (AvgIpc) is 3.86. The number of nitrogens with zero attached hydrogens (tertiary/aromatic N) is 4. The Balaban J connectivity index is 0.911. The number of anilines is 3. The highest BCUT2D eigenvalue weighted by Crippen LogP contribution is 2.37. The van der Waals surface area contributed by atoms with Crippen molar-refractivity contribution in [3.05, 3.63) is 106 Å². The fourth-order valence-electron chi connectivity index (χ4n) is 8.65. The summed E-state index contributed by atoms with van der Waals surface area (Å²) in [5.74, 6) is -1.57. The molecule has 0 saturated carbocycles. The van der Waals surface area contributed by atoms with E-state index >= 15 is 8.78 Å². The number of H-pyrrole nitrogens is 1. The van der Waals surface area contributed by atoms with Crippen LogP contribution in [0.2, 0.25) is 0 Å². The fraction of sp³-hybridized carbons (Fsp3) is 0.386. The summed E-state index contributed by atoms with van der Waals surface area (Å²) in [6.45, 7) is 7.99. The zero-order valence-electron chi connectivity index (χ0n) is 32.3. The number of hydrogen-bond donors (Lipinski definition) is 3. The first kappa shape index (κ1) is 39.0. The molecule has 298 valence electrons. The number of carbonyl (C=O) groups excluding carboxylic acids is 2. The topological polar surface area (TPSA) is 96.6 Å². The lowest BCUT2D eigenvalue weighted by Crippen LogP contribution is -2.41. The van der Waals surface area contributed by atoms with Gasteiger partial charge in [0.2, 0.25) is 5.78 Å².